The van der Waals surface area contributed by atoms with Crippen LogP contribution >= 0.6 is 11.3 Å². The number of halogens is 1. The second-order valence-corrected chi connectivity index (χ2v) is 9.12. The van der Waals surface area contributed by atoms with Gasteiger partial charge in [0.2, 0.25) is 0 Å². The van der Waals surface area contributed by atoms with E-state index >= 15 is 0 Å². The summed E-state index contributed by atoms with van der Waals surface area (Å²) >= 11 is 1.41. The van der Waals surface area contributed by atoms with E-state index in [1.165, 1.54) is 35.6 Å². The third-order valence-electron chi connectivity index (χ3n) is 5.56. The maximum Gasteiger partial charge on any atom is 0.265 e. The fourth-order valence-electron chi connectivity index (χ4n) is 3.81. The van der Waals surface area contributed by atoms with Crippen LogP contribution in [0.5, 0.6) is 5.75 Å². The summed E-state index contributed by atoms with van der Waals surface area (Å²) < 4.78 is 18.7. The number of carbonyl (C=O) groups excluding carboxylic acids is 3. The molecular formula is C25H24FN3O4S. The summed E-state index contributed by atoms with van der Waals surface area (Å²) in [6, 6.07) is 11.8. The van der Waals surface area contributed by atoms with Crippen molar-refractivity contribution in [3.63, 3.8) is 0 Å². The number of rotatable bonds is 7. The lowest BCUT2D eigenvalue weighted by Gasteiger charge is -2.15. The summed E-state index contributed by atoms with van der Waals surface area (Å²) in [7, 11) is 0. The van der Waals surface area contributed by atoms with Gasteiger partial charge in [0.25, 0.3) is 17.7 Å². The number of aryl methyl sites for hydroxylation is 1. The first-order valence-electron chi connectivity index (χ1n) is 10.9. The number of thiophene rings is 1. The zero-order valence-corrected chi connectivity index (χ0v) is 19.3. The van der Waals surface area contributed by atoms with Gasteiger partial charge in [-0.05, 0) is 86.7 Å². The van der Waals surface area contributed by atoms with Gasteiger partial charge in [-0.25, -0.2) is 4.39 Å². The first kappa shape index (κ1) is 23.4. The predicted molar refractivity (Wildman–Crippen MR) is 129 cm³/mol. The second-order valence-electron chi connectivity index (χ2n) is 8.01. The van der Waals surface area contributed by atoms with Crippen LogP contribution in [0.1, 0.15) is 50.9 Å². The summed E-state index contributed by atoms with van der Waals surface area (Å²) in [6.07, 6.45) is 2.91. The van der Waals surface area contributed by atoms with Gasteiger partial charge in [-0.3, -0.25) is 14.4 Å². The third kappa shape index (κ3) is 5.26. The van der Waals surface area contributed by atoms with Gasteiger partial charge >= 0.3 is 0 Å². The molecule has 0 radical (unpaired) electrons. The van der Waals surface area contributed by atoms with Crippen LogP contribution in [0.25, 0.3) is 0 Å². The quantitative estimate of drug-likeness (QED) is 0.461. The van der Waals surface area contributed by atoms with Crippen LogP contribution in [0.15, 0.2) is 48.5 Å². The van der Waals surface area contributed by atoms with E-state index in [2.05, 4.69) is 10.6 Å². The molecule has 0 saturated carbocycles. The zero-order valence-electron chi connectivity index (χ0n) is 18.5. The number of fused-ring (bicyclic) bond motifs is 1. The Morgan fingerprint density at radius 1 is 1.00 bits per heavy atom. The van der Waals surface area contributed by atoms with Crippen molar-refractivity contribution in [2.45, 2.75) is 38.7 Å². The van der Waals surface area contributed by atoms with Crippen molar-refractivity contribution in [1.82, 2.24) is 0 Å². The Balaban J connectivity index is 1.39. The van der Waals surface area contributed by atoms with Crippen molar-refractivity contribution in [3.05, 3.63) is 75.9 Å². The van der Waals surface area contributed by atoms with E-state index in [4.69, 9.17) is 10.5 Å². The number of benzene rings is 2. The van der Waals surface area contributed by atoms with Gasteiger partial charge in [0.05, 0.1) is 5.56 Å². The molecule has 0 spiro atoms. The molecule has 0 aliphatic heterocycles. The molecule has 3 aromatic rings. The summed E-state index contributed by atoms with van der Waals surface area (Å²) in [5.41, 5.74) is 7.79. The lowest BCUT2D eigenvalue weighted by atomic mass is 9.95. The van der Waals surface area contributed by atoms with Crippen molar-refractivity contribution in [1.29, 1.82) is 0 Å². The first-order valence-corrected chi connectivity index (χ1v) is 11.7. The molecule has 7 nitrogen and oxygen atoms in total. The summed E-state index contributed by atoms with van der Waals surface area (Å²) in [5.74, 6) is -1.28. The summed E-state index contributed by atoms with van der Waals surface area (Å²) in [5, 5.41) is 5.95. The van der Waals surface area contributed by atoms with Crippen LogP contribution in [0, 0.1) is 5.82 Å². The second kappa shape index (κ2) is 10.0. The molecule has 9 heteroatoms. The molecule has 4 rings (SSSR count). The average Bonchev–Trinajstić information content (AvgIpc) is 3.19. The van der Waals surface area contributed by atoms with Gasteiger partial charge in [-0.1, -0.05) is 0 Å². The number of hydrogen-bond donors (Lipinski definition) is 3. The number of hydrogen-bond acceptors (Lipinski definition) is 5. The molecule has 0 unspecified atom stereocenters. The van der Waals surface area contributed by atoms with Gasteiger partial charge in [0, 0.05) is 16.1 Å². The highest BCUT2D eigenvalue weighted by molar-refractivity contribution is 7.17. The smallest absolute Gasteiger partial charge is 0.265 e. The maximum atomic E-state index is 13.0. The zero-order chi connectivity index (χ0) is 24.2. The lowest BCUT2D eigenvalue weighted by molar-refractivity contribution is -0.122. The minimum absolute atomic E-state index is 0.366. The Kier molecular flexibility index (Phi) is 6.93. The van der Waals surface area contributed by atoms with Crippen molar-refractivity contribution >= 4 is 39.7 Å². The molecule has 0 fully saturated rings. The average molecular weight is 482 g/mol. The third-order valence-corrected chi connectivity index (χ3v) is 6.76. The van der Waals surface area contributed by atoms with E-state index in [-0.39, 0.29) is 5.91 Å². The standard InChI is InChI=1S/C25H24FN3O4S/c1-14(23(31)28-17-10-8-16(26)9-11-17)33-18-12-6-15(7-13-18)24(32)29-25-21(22(27)30)19-4-2-3-5-20(19)34-25/h6-14H,2-5H2,1H3,(H2,27,30)(H,28,31)(H,29,32)/t14-/m1/s1. The molecule has 1 aromatic heterocycles. The van der Waals surface area contributed by atoms with Gasteiger partial charge in [-0.2, -0.15) is 0 Å². The Labute approximate surface area is 200 Å². The van der Waals surface area contributed by atoms with Crippen LogP contribution in [-0.4, -0.2) is 23.8 Å². The molecule has 4 N–H and O–H groups in total. The van der Waals surface area contributed by atoms with E-state index in [0.717, 1.165) is 36.1 Å². The van der Waals surface area contributed by atoms with Gasteiger partial charge in [0.15, 0.2) is 6.10 Å². The minimum atomic E-state index is -0.819. The van der Waals surface area contributed by atoms with Crippen LogP contribution in [-0.2, 0) is 17.6 Å². The molecule has 1 aliphatic rings. The molecule has 1 aliphatic carbocycles. The van der Waals surface area contributed by atoms with Gasteiger partial charge < -0.3 is 21.1 Å². The molecule has 0 saturated heterocycles. The van der Waals surface area contributed by atoms with E-state index < -0.39 is 23.7 Å². The number of amides is 3. The van der Waals surface area contributed by atoms with E-state index in [1.807, 2.05) is 0 Å². The number of ether oxygens (including phenoxy) is 1. The molecule has 3 amide bonds. The monoisotopic (exact) mass is 481 g/mol. The van der Waals surface area contributed by atoms with Crippen LogP contribution < -0.4 is 21.1 Å². The summed E-state index contributed by atoms with van der Waals surface area (Å²) in [4.78, 5) is 38.2. The number of nitrogens with one attached hydrogen (secondary N) is 2. The van der Waals surface area contributed by atoms with E-state index in [1.54, 1.807) is 31.2 Å². The number of primary amides is 1. The SMILES string of the molecule is C[C@@H](Oc1ccc(C(=O)Nc2sc3c(c2C(N)=O)CCCC3)cc1)C(=O)Nc1ccc(F)cc1. The van der Waals surface area contributed by atoms with Crippen molar-refractivity contribution < 1.29 is 23.5 Å². The fraction of sp³-hybridized carbons (Fsp3) is 0.240. The van der Waals surface area contributed by atoms with E-state index in [0.29, 0.717) is 27.6 Å². The Hall–Kier alpha value is -3.72. The normalized spacial score (nSPS) is 13.5. The Bertz CT molecular complexity index is 1220. The molecule has 176 valence electrons. The van der Waals surface area contributed by atoms with Crippen molar-refractivity contribution in [2.24, 2.45) is 5.73 Å². The van der Waals surface area contributed by atoms with Crippen molar-refractivity contribution in [2.75, 3.05) is 10.6 Å². The molecule has 34 heavy (non-hydrogen) atoms. The first-order chi connectivity index (χ1) is 16.3. The van der Waals surface area contributed by atoms with Gasteiger partial charge in [0.1, 0.15) is 16.6 Å². The molecule has 0 bridgehead atoms. The lowest BCUT2D eigenvalue weighted by Crippen LogP contribution is -2.30. The van der Waals surface area contributed by atoms with Gasteiger partial charge in [-0.15, -0.1) is 11.3 Å². The number of carbonyl (C=O) groups is 3. The Morgan fingerprint density at radius 3 is 2.35 bits per heavy atom. The largest absolute Gasteiger partial charge is 0.481 e. The Morgan fingerprint density at radius 2 is 1.68 bits per heavy atom. The van der Waals surface area contributed by atoms with E-state index in [9.17, 15) is 18.8 Å². The highest BCUT2D eigenvalue weighted by atomic mass is 32.1. The van der Waals surface area contributed by atoms with Crippen LogP contribution in [0.4, 0.5) is 15.1 Å². The van der Waals surface area contributed by atoms with Crippen LogP contribution in [0.2, 0.25) is 0 Å². The molecule has 1 heterocycles. The highest BCUT2D eigenvalue weighted by Gasteiger charge is 2.25. The molecule has 1 atom stereocenters. The van der Waals surface area contributed by atoms with Crippen molar-refractivity contribution in [3.8, 4) is 5.75 Å². The number of nitrogens with two attached hydrogens (primary N) is 1. The van der Waals surface area contributed by atoms with Crippen LogP contribution in [0.3, 0.4) is 0 Å². The minimum Gasteiger partial charge on any atom is -0.481 e. The fourth-order valence-corrected chi connectivity index (χ4v) is 5.10. The molecule has 2 aromatic carbocycles. The highest BCUT2D eigenvalue weighted by Crippen LogP contribution is 2.38. The topological polar surface area (TPSA) is 111 Å². The number of anilines is 2. The summed E-state index contributed by atoms with van der Waals surface area (Å²) in [6.45, 7) is 1.59. The predicted octanol–water partition coefficient (Wildman–Crippen LogP) is 4.52. The maximum absolute atomic E-state index is 13.0. The molecular weight excluding hydrogens is 457 g/mol.